The van der Waals surface area contributed by atoms with Gasteiger partial charge in [0, 0.05) is 23.2 Å². The summed E-state index contributed by atoms with van der Waals surface area (Å²) in [6.45, 7) is 8.65. The lowest BCUT2D eigenvalue weighted by Crippen LogP contribution is -2.67. The van der Waals surface area contributed by atoms with Crippen LogP contribution >= 0.6 is 0 Å². The van der Waals surface area contributed by atoms with E-state index in [-0.39, 0.29) is 0 Å². The van der Waals surface area contributed by atoms with E-state index in [2.05, 4.69) is 6.92 Å². The van der Waals surface area contributed by atoms with E-state index in [1.165, 1.54) is 4.90 Å². The van der Waals surface area contributed by atoms with Gasteiger partial charge in [-0.3, -0.25) is 14.6 Å². The molecular weight excluding hydrogens is 468 g/mol. The Morgan fingerprint density at radius 2 is 1.73 bits per heavy atom. The van der Waals surface area contributed by atoms with Crippen molar-refractivity contribution in [3.8, 4) is 17.2 Å². The van der Waals surface area contributed by atoms with Gasteiger partial charge in [-0.1, -0.05) is 37.3 Å². The molecule has 0 unspecified atom stereocenters. The van der Waals surface area contributed by atoms with Crippen molar-refractivity contribution in [2.45, 2.75) is 52.3 Å². The molecule has 2 aliphatic rings. The Labute approximate surface area is 217 Å². The number of urea groups is 1. The number of nitrogens with zero attached hydrogens (tertiary/aromatic N) is 2. The second kappa shape index (κ2) is 9.81. The van der Waals surface area contributed by atoms with Gasteiger partial charge < -0.3 is 14.2 Å². The van der Waals surface area contributed by atoms with Gasteiger partial charge in [0.25, 0.3) is 5.91 Å². The third-order valence-electron chi connectivity index (χ3n) is 6.95. The Hall–Kier alpha value is -4.00. The van der Waals surface area contributed by atoms with E-state index in [0.29, 0.717) is 48.1 Å². The summed E-state index contributed by atoms with van der Waals surface area (Å²) in [4.78, 5) is 31.3. The van der Waals surface area contributed by atoms with Gasteiger partial charge in [0.1, 0.15) is 5.75 Å². The van der Waals surface area contributed by atoms with E-state index in [1.807, 2.05) is 69.3 Å². The Bertz CT molecular complexity index is 1340. The van der Waals surface area contributed by atoms with E-state index in [9.17, 15) is 9.59 Å². The number of anilines is 1. The van der Waals surface area contributed by atoms with Crippen LogP contribution in [-0.2, 0) is 6.42 Å². The van der Waals surface area contributed by atoms with Crippen molar-refractivity contribution in [1.29, 1.82) is 0 Å². The maximum absolute atomic E-state index is 14.2. The molecule has 1 fully saturated rings. The fourth-order valence-corrected chi connectivity index (χ4v) is 5.26. The van der Waals surface area contributed by atoms with E-state index in [1.54, 1.807) is 23.1 Å². The molecule has 0 saturated carbocycles. The average molecular weight is 501 g/mol. The van der Waals surface area contributed by atoms with Crippen molar-refractivity contribution in [3.05, 3.63) is 83.4 Å². The highest BCUT2D eigenvalue weighted by atomic mass is 16.5. The fraction of sp³-hybridized carbons (Fsp3) is 0.333. The number of rotatable bonds is 7. The maximum Gasteiger partial charge on any atom is 0.335 e. The monoisotopic (exact) mass is 500 g/mol. The van der Waals surface area contributed by atoms with Crippen LogP contribution in [0.25, 0.3) is 0 Å². The molecule has 1 saturated heterocycles. The number of ether oxygens (including phenoxy) is 3. The standard InChI is InChI=1S/C30H32N2O5/c1-5-20-11-10-12-22(17-20)32-29(34)31(24-19-30(32,4)37-25-14-9-8-13-23(24)25)28(33)21-15-16-26(35-6-2)27(18-21)36-7-3/h8-18,24H,5-7,19H2,1-4H3/t24-,30-/m0/s1. The first-order valence-corrected chi connectivity index (χ1v) is 12.8. The molecule has 0 N–H and O–H groups in total. The number of fused-ring (bicyclic) bond motifs is 4. The molecule has 7 heteroatoms. The molecule has 2 heterocycles. The van der Waals surface area contributed by atoms with Crippen LogP contribution in [0.3, 0.4) is 0 Å². The normalized spacial score (nSPS) is 20.2. The lowest BCUT2D eigenvalue weighted by atomic mass is 9.88. The van der Waals surface area contributed by atoms with Gasteiger partial charge in [0.15, 0.2) is 17.2 Å². The van der Waals surface area contributed by atoms with Crippen LogP contribution in [0.1, 0.15) is 61.6 Å². The molecule has 5 rings (SSSR count). The molecule has 3 amide bonds. The first-order valence-electron chi connectivity index (χ1n) is 12.8. The Morgan fingerprint density at radius 3 is 2.49 bits per heavy atom. The number of benzene rings is 3. The van der Waals surface area contributed by atoms with E-state index >= 15 is 0 Å². The van der Waals surface area contributed by atoms with Crippen molar-refractivity contribution in [3.63, 3.8) is 0 Å². The quantitative estimate of drug-likeness (QED) is 0.377. The molecule has 37 heavy (non-hydrogen) atoms. The highest BCUT2D eigenvalue weighted by Crippen LogP contribution is 2.50. The summed E-state index contributed by atoms with van der Waals surface area (Å²) < 4.78 is 17.9. The predicted molar refractivity (Wildman–Crippen MR) is 141 cm³/mol. The minimum atomic E-state index is -0.950. The van der Waals surface area contributed by atoms with Gasteiger partial charge in [-0.15, -0.1) is 0 Å². The Morgan fingerprint density at radius 1 is 0.973 bits per heavy atom. The molecule has 7 nitrogen and oxygen atoms in total. The minimum Gasteiger partial charge on any atom is -0.490 e. The van der Waals surface area contributed by atoms with Crippen molar-refractivity contribution >= 4 is 17.6 Å². The number of hydrogen-bond acceptors (Lipinski definition) is 5. The zero-order chi connectivity index (χ0) is 26.2. The number of imide groups is 1. The molecule has 2 aliphatic heterocycles. The van der Waals surface area contributed by atoms with Crippen LogP contribution in [0.15, 0.2) is 66.7 Å². The van der Waals surface area contributed by atoms with Crippen LogP contribution in [0.5, 0.6) is 17.2 Å². The summed E-state index contributed by atoms with van der Waals surface area (Å²) in [5, 5.41) is 0. The van der Waals surface area contributed by atoms with Gasteiger partial charge in [-0.05, 0) is 69.2 Å². The summed E-state index contributed by atoms with van der Waals surface area (Å²) >= 11 is 0. The number of amides is 3. The molecule has 0 aliphatic carbocycles. The van der Waals surface area contributed by atoms with Gasteiger partial charge in [0.05, 0.1) is 19.3 Å². The second-order valence-electron chi connectivity index (χ2n) is 9.38. The number of carbonyl (C=O) groups excluding carboxylic acids is 2. The zero-order valence-corrected chi connectivity index (χ0v) is 21.7. The van der Waals surface area contributed by atoms with Crippen LogP contribution in [0.4, 0.5) is 10.5 Å². The molecule has 2 bridgehead atoms. The fourth-order valence-electron chi connectivity index (χ4n) is 5.26. The number of hydrogen-bond donors (Lipinski definition) is 0. The summed E-state index contributed by atoms with van der Waals surface area (Å²) in [7, 11) is 0. The van der Waals surface area contributed by atoms with Crippen molar-refractivity contribution in [2.75, 3.05) is 18.1 Å². The second-order valence-corrected chi connectivity index (χ2v) is 9.38. The van der Waals surface area contributed by atoms with E-state index < -0.39 is 23.7 Å². The highest BCUT2D eigenvalue weighted by molar-refractivity contribution is 6.10. The van der Waals surface area contributed by atoms with Gasteiger partial charge in [-0.2, -0.15) is 0 Å². The van der Waals surface area contributed by atoms with Gasteiger partial charge in [-0.25, -0.2) is 4.79 Å². The summed E-state index contributed by atoms with van der Waals surface area (Å²) in [5.74, 6) is 1.32. The van der Waals surface area contributed by atoms with Gasteiger partial charge in [0.2, 0.25) is 0 Å². The molecule has 2 atom stereocenters. The Balaban J connectivity index is 1.62. The molecule has 3 aromatic rings. The molecule has 0 spiro atoms. The molecule has 0 aromatic heterocycles. The van der Waals surface area contributed by atoms with E-state index in [4.69, 9.17) is 14.2 Å². The highest BCUT2D eigenvalue weighted by Gasteiger charge is 2.55. The van der Waals surface area contributed by atoms with Crippen molar-refractivity contribution in [1.82, 2.24) is 4.90 Å². The summed E-state index contributed by atoms with van der Waals surface area (Å²) in [6, 6.07) is 19.6. The molecule has 3 aromatic carbocycles. The predicted octanol–water partition coefficient (Wildman–Crippen LogP) is 6.37. The third kappa shape index (κ3) is 4.28. The molecular formula is C30H32N2O5. The van der Waals surface area contributed by atoms with Crippen molar-refractivity contribution < 1.29 is 23.8 Å². The smallest absolute Gasteiger partial charge is 0.335 e. The lowest BCUT2D eigenvalue weighted by Gasteiger charge is -2.53. The van der Waals surface area contributed by atoms with Crippen LogP contribution in [0, 0.1) is 0 Å². The number of carbonyl (C=O) groups is 2. The zero-order valence-electron chi connectivity index (χ0n) is 21.7. The third-order valence-corrected chi connectivity index (χ3v) is 6.95. The molecule has 0 radical (unpaired) electrons. The largest absolute Gasteiger partial charge is 0.490 e. The topological polar surface area (TPSA) is 68.3 Å². The first kappa shape index (κ1) is 24.7. The van der Waals surface area contributed by atoms with Crippen molar-refractivity contribution in [2.24, 2.45) is 0 Å². The van der Waals surface area contributed by atoms with Crippen LogP contribution < -0.4 is 19.1 Å². The summed E-state index contributed by atoms with van der Waals surface area (Å²) in [5.41, 5.74) is 2.02. The van der Waals surface area contributed by atoms with E-state index in [0.717, 1.165) is 17.5 Å². The lowest BCUT2D eigenvalue weighted by molar-refractivity contribution is 0.00266. The Kier molecular flexibility index (Phi) is 6.54. The van der Waals surface area contributed by atoms with Gasteiger partial charge >= 0.3 is 6.03 Å². The van der Waals surface area contributed by atoms with Crippen LogP contribution in [-0.4, -0.2) is 35.8 Å². The number of aryl methyl sites for hydroxylation is 1. The first-order chi connectivity index (χ1) is 17.9. The summed E-state index contributed by atoms with van der Waals surface area (Å²) in [6.07, 6.45) is 1.27. The minimum absolute atomic E-state index is 0.357. The number of para-hydroxylation sites is 1. The molecule has 192 valence electrons. The SMILES string of the molecule is CCOc1ccc(C(=O)N2C(=O)N(c3cccc(CC)c3)[C@]3(C)C[C@H]2c2ccccc2O3)cc1OCC. The average Bonchev–Trinajstić information content (AvgIpc) is 2.89. The maximum atomic E-state index is 14.2. The van der Waals surface area contributed by atoms with Crippen LogP contribution in [0.2, 0.25) is 0 Å².